The highest BCUT2D eigenvalue weighted by atomic mass is 79.9. The Hall–Kier alpha value is -0.560. The van der Waals surface area contributed by atoms with Crippen molar-refractivity contribution in [2.75, 3.05) is 7.11 Å². The van der Waals surface area contributed by atoms with E-state index in [9.17, 15) is 9.59 Å². The van der Waals surface area contributed by atoms with E-state index in [0.29, 0.717) is 17.7 Å². The summed E-state index contributed by atoms with van der Waals surface area (Å²) in [5, 5.41) is 5.25. The molecule has 5 nitrogen and oxygen atoms in total. The molecule has 1 heterocycles. The second kappa shape index (κ2) is 5.67. The number of nitrogens with one attached hydrogen (secondary N) is 2. The Bertz CT molecular complexity index is 342. The lowest BCUT2D eigenvalue weighted by Crippen LogP contribution is -2.51. The maximum Gasteiger partial charge on any atom is 0.337 e. The van der Waals surface area contributed by atoms with Gasteiger partial charge in [-0.2, -0.15) is 0 Å². The quantitative estimate of drug-likeness (QED) is 0.597. The highest BCUT2D eigenvalue weighted by Gasteiger charge is 2.33. The first-order valence-corrected chi connectivity index (χ1v) is 6.52. The van der Waals surface area contributed by atoms with Crippen molar-refractivity contribution in [1.29, 1.82) is 0 Å². The molecule has 90 valence electrons. The molecule has 0 aliphatic carbocycles. The molecule has 2 N–H and O–H groups in total. The predicted octanol–water partition coefficient (Wildman–Crippen LogP) is 1.62. The number of hydrogen-bond donors (Lipinski definition) is 2. The minimum absolute atomic E-state index is 0.297. The van der Waals surface area contributed by atoms with Crippen molar-refractivity contribution in [2.45, 2.75) is 23.1 Å². The summed E-state index contributed by atoms with van der Waals surface area (Å²) in [4.78, 5) is 23.0. The summed E-state index contributed by atoms with van der Waals surface area (Å²) < 4.78 is 4.41. The largest absolute Gasteiger partial charge is 0.466 e. The molecule has 0 aromatic carbocycles. The van der Waals surface area contributed by atoms with Gasteiger partial charge in [-0.25, -0.2) is 9.59 Å². The molecule has 0 saturated heterocycles. The summed E-state index contributed by atoms with van der Waals surface area (Å²) in [6.45, 7) is 1.88. The number of ether oxygens (including phenoxy) is 1. The first-order chi connectivity index (χ1) is 7.51. The maximum absolute atomic E-state index is 11.6. The minimum atomic E-state index is -0.446. The van der Waals surface area contributed by atoms with Gasteiger partial charge >= 0.3 is 12.0 Å². The molecule has 0 aromatic heterocycles. The fourth-order valence-corrected chi connectivity index (χ4v) is 2.21. The fourth-order valence-electron chi connectivity index (χ4n) is 1.48. The van der Waals surface area contributed by atoms with Crippen LogP contribution in [0.1, 0.15) is 13.3 Å². The van der Waals surface area contributed by atoms with Crippen LogP contribution in [0.3, 0.4) is 0 Å². The van der Waals surface area contributed by atoms with Crippen molar-refractivity contribution in [3.8, 4) is 0 Å². The van der Waals surface area contributed by atoms with E-state index < -0.39 is 5.97 Å². The topological polar surface area (TPSA) is 67.4 Å². The fraction of sp³-hybridized carbons (Fsp3) is 0.556. The molecule has 0 unspecified atom stereocenters. The van der Waals surface area contributed by atoms with Crippen LogP contribution in [0.4, 0.5) is 4.79 Å². The number of allylic oxidation sites excluding steroid dienone is 1. The SMILES string of the molecule is CC[C@H]1NC(=O)NC(C(Br)Br)=C1C(=O)OC. The lowest BCUT2D eigenvalue weighted by Gasteiger charge is -2.28. The van der Waals surface area contributed by atoms with Gasteiger partial charge in [-0.1, -0.05) is 38.8 Å². The van der Waals surface area contributed by atoms with Gasteiger partial charge in [0.25, 0.3) is 0 Å². The first-order valence-electron chi connectivity index (χ1n) is 4.69. The van der Waals surface area contributed by atoms with Gasteiger partial charge in [0.1, 0.15) is 3.74 Å². The number of rotatable bonds is 3. The average molecular weight is 356 g/mol. The van der Waals surface area contributed by atoms with E-state index in [1.165, 1.54) is 7.11 Å². The van der Waals surface area contributed by atoms with E-state index in [1.54, 1.807) is 0 Å². The molecular weight excluding hydrogens is 344 g/mol. The summed E-state index contributed by atoms with van der Waals surface area (Å²) >= 11 is 6.53. The van der Waals surface area contributed by atoms with Crippen molar-refractivity contribution >= 4 is 43.9 Å². The number of amides is 2. The Labute approximate surface area is 110 Å². The average Bonchev–Trinajstić information content (AvgIpc) is 2.26. The molecule has 0 bridgehead atoms. The van der Waals surface area contributed by atoms with Crippen LogP contribution in [0, 0.1) is 0 Å². The van der Waals surface area contributed by atoms with E-state index >= 15 is 0 Å². The molecule has 0 saturated carbocycles. The zero-order chi connectivity index (χ0) is 12.3. The number of carbonyl (C=O) groups excluding carboxylic acids is 2. The molecule has 1 atom stereocenters. The van der Waals surface area contributed by atoms with E-state index in [0.717, 1.165) is 0 Å². The normalized spacial score (nSPS) is 20.6. The number of esters is 1. The molecule has 1 aliphatic heterocycles. The summed E-state index contributed by atoms with van der Waals surface area (Å²) in [5.41, 5.74) is 0.922. The minimum Gasteiger partial charge on any atom is -0.466 e. The predicted molar refractivity (Wildman–Crippen MR) is 66.4 cm³/mol. The number of urea groups is 1. The van der Waals surface area contributed by atoms with Crippen LogP contribution < -0.4 is 10.6 Å². The van der Waals surface area contributed by atoms with Crippen molar-refractivity contribution < 1.29 is 14.3 Å². The van der Waals surface area contributed by atoms with Gasteiger partial charge in [0.05, 0.1) is 24.4 Å². The highest BCUT2D eigenvalue weighted by Crippen LogP contribution is 2.25. The first kappa shape index (κ1) is 13.5. The third-order valence-electron chi connectivity index (χ3n) is 2.22. The zero-order valence-electron chi connectivity index (χ0n) is 8.84. The van der Waals surface area contributed by atoms with E-state index in [1.807, 2.05) is 6.92 Å². The van der Waals surface area contributed by atoms with Crippen LogP contribution in [0.15, 0.2) is 11.3 Å². The van der Waals surface area contributed by atoms with Crippen molar-refractivity contribution in [3.05, 3.63) is 11.3 Å². The van der Waals surface area contributed by atoms with Crippen molar-refractivity contribution in [1.82, 2.24) is 10.6 Å². The van der Waals surface area contributed by atoms with Crippen molar-refractivity contribution in [2.24, 2.45) is 0 Å². The zero-order valence-corrected chi connectivity index (χ0v) is 12.0. The van der Waals surface area contributed by atoms with Crippen LogP contribution in [0.5, 0.6) is 0 Å². The summed E-state index contributed by atoms with van der Waals surface area (Å²) in [6.07, 6.45) is 0.619. The second-order valence-corrected chi connectivity index (χ2v) is 6.24. The van der Waals surface area contributed by atoms with Gasteiger partial charge in [-0.05, 0) is 6.42 Å². The molecule has 0 radical (unpaired) electrons. The number of carbonyl (C=O) groups is 2. The molecule has 0 aromatic rings. The number of alkyl halides is 2. The highest BCUT2D eigenvalue weighted by molar-refractivity contribution is 9.24. The van der Waals surface area contributed by atoms with Crippen LogP contribution in [0.2, 0.25) is 0 Å². The Morgan fingerprint density at radius 3 is 2.62 bits per heavy atom. The van der Waals surface area contributed by atoms with Crippen LogP contribution in [-0.2, 0) is 9.53 Å². The number of methoxy groups -OCH3 is 1. The third kappa shape index (κ3) is 2.76. The molecule has 2 amide bonds. The van der Waals surface area contributed by atoms with Crippen LogP contribution >= 0.6 is 31.9 Å². The van der Waals surface area contributed by atoms with Crippen LogP contribution in [0.25, 0.3) is 0 Å². The maximum atomic E-state index is 11.6. The molecule has 1 rings (SSSR count). The van der Waals surface area contributed by atoms with E-state index in [-0.39, 0.29) is 15.8 Å². The molecule has 16 heavy (non-hydrogen) atoms. The molecule has 0 spiro atoms. The second-order valence-electron chi connectivity index (χ2n) is 3.18. The molecule has 1 aliphatic rings. The standard InChI is InChI=1S/C9H12Br2N2O3/c1-3-4-5(8(14)16-2)6(7(10)11)13-9(15)12-4/h4,7H,3H2,1-2H3,(H2,12,13,15)/t4-/m1/s1. The molecular formula is C9H12Br2N2O3. The van der Waals surface area contributed by atoms with Gasteiger partial charge in [0.2, 0.25) is 0 Å². The van der Waals surface area contributed by atoms with E-state index in [4.69, 9.17) is 4.74 Å². The lowest BCUT2D eigenvalue weighted by molar-refractivity contribution is -0.136. The van der Waals surface area contributed by atoms with Crippen LogP contribution in [-0.4, -0.2) is 28.9 Å². The number of halogens is 2. The Morgan fingerprint density at radius 2 is 2.19 bits per heavy atom. The number of hydrogen-bond acceptors (Lipinski definition) is 3. The van der Waals surface area contributed by atoms with Gasteiger partial charge in [-0.15, -0.1) is 0 Å². The molecule has 0 fully saturated rings. The Morgan fingerprint density at radius 1 is 1.56 bits per heavy atom. The van der Waals surface area contributed by atoms with Gasteiger partial charge in [0.15, 0.2) is 0 Å². The summed E-state index contributed by atoms with van der Waals surface area (Å²) in [7, 11) is 1.31. The summed E-state index contributed by atoms with van der Waals surface area (Å²) in [6, 6.07) is -0.646. The molecule has 7 heteroatoms. The van der Waals surface area contributed by atoms with E-state index in [2.05, 4.69) is 42.5 Å². The van der Waals surface area contributed by atoms with Gasteiger partial charge < -0.3 is 15.4 Å². The Kier molecular flexibility index (Phi) is 4.79. The monoisotopic (exact) mass is 354 g/mol. The smallest absolute Gasteiger partial charge is 0.337 e. The Balaban J connectivity index is 3.18. The third-order valence-corrected chi connectivity index (χ3v) is 3.14. The van der Waals surface area contributed by atoms with Crippen molar-refractivity contribution in [3.63, 3.8) is 0 Å². The summed E-state index contributed by atoms with van der Waals surface area (Å²) in [5.74, 6) is -0.446. The van der Waals surface area contributed by atoms with Gasteiger partial charge in [-0.3, -0.25) is 0 Å². The lowest BCUT2D eigenvalue weighted by atomic mass is 10.0. The van der Waals surface area contributed by atoms with Gasteiger partial charge in [0, 0.05) is 0 Å².